The topological polar surface area (TPSA) is 17.1 Å². The van der Waals surface area contributed by atoms with E-state index in [-0.39, 0.29) is 11.6 Å². The van der Waals surface area contributed by atoms with Gasteiger partial charge in [-0.25, -0.2) is 4.39 Å². The van der Waals surface area contributed by atoms with Gasteiger partial charge in [-0.05, 0) is 36.8 Å². The molecule has 0 aliphatic rings. The summed E-state index contributed by atoms with van der Waals surface area (Å²) in [5, 5.41) is 0. The van der Waals surface area contributed by atoms with E-state index < -0.39 is 0 Å². The molecule has 0 bridgehead atoms. The van der Waals surface area contributed by atoms with Gasteiger partial charge in [0.25, 0.3) is 0 Å². The first-order valence-electron chi connectivity index (χ1n) is 5.70. The van der Waals surface area contributed by atoms with Gasteiger partial charge >= 0.3 is 0 Å². The van der Waals surface area contributed by atoms with Crippen LogP contribution in [0.25, 0.3) is 6.08 Å². The Labute approximate surface area is 106 Å². The molecule has 0 amide bonds. The number of hydrogen-bond acceptors (Lipinski definition) is 1. The number of aryl methyl sites for hydroxylation is 1. The second-order valence-electron chi connectivity index (χ2n) is 4.12. The summed E-state index contributed by atoms with van der Waals surface area (Å²) in [4.78, 5) is 11.9. The Morgan fingerprint density at radius 1 is 1.11 bits per heavy atom. The number of allylic oxidation sites excluding steroid dienone is 1. The van der Waals surface area contributed by atoms with Gasteiger partial charge in [0.1, 0.15) is 5.82 Å². The average Bonchev–Trinajstić information content (AvgIpc) is 2.36. The lowest BCUT2D eigenvalue weighted by atomic mass is 10.1. The highest BCUT2D eigenvalue weighted by atomic mass is 19.1. The second kappa shape index (κ2) is 5.41. The van der Waals surface area contributed by atoms with Crippen LogP contribution in [-0.4, -0.2) is 5.78 Å². The van der Waals surface area contributed by atoms with Gasteiger partial charge < -0.3 is 0 Å². The SMILES string of the molecule is Cc1cccc(C(=O)/C=C/c2cccc(F)c2)c1. The van der Waals surface area contributed by atoms with E-state index in [0.29, 0.717) is 11.1 Å². The van der Waals surface area contributed by atoms with Crippen LogP contribution in [0.1, 0.15) is 21.5 Å². The quantitative estimate of drug-likeness (QED) is 0.584. The van der Waals surface area contributed by atoms with Crippen LogP contribution in [0.3, 0.4) is 0 Å². The van der Waals surface area contributed by atoms with Crippen LogP contribution in [0.5, 0.6) is 0 Å². The fourth-order valence-electron chi connectivity index (χ4n) is 1.68. The molecule has 0 atom stereocenters. The zero-order valence-corrected chi connectivity index (χ0v) is 10.1. The number of halogens is 1. The Kier molecular flexibility index (Phi) is 3.68. The zero-order chi connectivity index (χ0) is 13.0. The molecule has 0 saturated heterocycles. The highest BCUT2D eigenvalue weighted by molar-refractivity contribution is 6.06. The Bertz CT molecular complexity index is 600. The van der Waals surface area contributed by atoms with E-state index in [0.717, 1.165) is 5.56 Å². The molecular weight excluding hydrogens is 227 g/mol. The lowest BCUT2D eigenvalue weighted by Gasteiger charge is -1.97. The standard InChI is InChI=1S/C16H13FO/c1-12-4-2-6-14(10-12)16(18)9-8-13-5-3-7-15(17)11-13/h2-11H,1H3/b9-8+. The van der Waals surface area contributed by atoms with Crippen molar-refractivity contribution in [2.45, 2.75) is 6.92 Å². The van der Waals surface area contributed by atoms with Crippen LogP contribution in [-0.2, 0) is 0 Å². The van der Waals surface area contributed by atoms with Crippen LogP contribution < -0.4 is 0 Å². The monoisotopic (exact) mass is 240 g/mol. The minimum absolute atomic E-state index is 0.0806. The molecule has 0 saturated carbocycles. The van der Waals surface area contributed by atoms with Crippen molar-refractivity contribution in [1.82, 2.24) is 0 Å². The fourth-order valence-corrected chi connectivity index (χ4v) is 1.68. The molecular formula is C16H13FO. The summed E-state index contributed by atoms with van der Waals surface area (Å²) in [5.74, 6) is -0.386. The number of benzene rings is 2. The third-order valence-corrected chi connectivity index (χ3v) is 2.58. The van der Waals surface area contributed by atoms with Crippen molar-refractivity contribution in [3.05, 3.63) is 77.1 Å². The van der Waals surface area contributed by atoms with Gasteiger partial charge in [0.15, 0.2) is 5.78 Å². The molecule has 0 N–H and O–H groups in total. The lowest BCUT2D eigenvalue weighted by molar-refractivity contribution is 0.104. The number of carbonyl (C=O) groups excluding carboxylic acids is 1. The maximum absolute atomic E-state index is 12.9. The summed E-state index contributed by atoms with van der Waals surface area (Å²) in [6.07, 6.45) is 3.08. The first-order chi connectivity index (χ1) is 8.65. The lowest BCUT2D eigenvalue weighted by Crippen LogP contribution is -1.94. The van der Waals surface area contributed by atoms with E-state index in [1.165, 1.54) is 18.2 Å². The van der Waals surface area contributed by atoms with Gasteiger partial charge in [0, 0.05) is 5.56 Å². The summed E-state index contributed by atoms with van der Waals surface area (Å²) < 4.78 is 12.9. The van der Waals surface area contributed by atoms with E-state index in [9.17, 15) is 9.18 Å². The van der Waals surface area contributed by atoms with Crippen molar-refractivity contribution < 1.29 is 9.18 Å². The largest absolute Gasteiger partial charge is 0.289 e. The molecule has 0 fully saturated rings. The number of hydrogen-bond donors (Lipinski definition) is 0. The predicted molar refractivity (Wildman–Crippen MR) is 70.9 cm³/mol. The summed E-state index contributed by atoms with van der Waals surface area (Å²) >= 11 is 0. The zero-order valence-electron chi connectivity index (χ0n) is 10.1. The summed E-state index contributed by atoms with van der Waals surface area (Å²) in [6, 6.07) is 13.5. The molecule has 0 radical (unpaired) electrons. The summed E-state index contributed by atoms with van der Waals surface area (Å²) in [7, 11) is 0. The maximum Gasteiger partial charge on any atom is 0.185 e. The molecule has 0 aromatic heterocycles. The number of ketones is 1. The van der Waals surface area contributed by atoms with Gasteiger partial charge in [-0.1, -0.05) is 42.0 Å². The molecule has 2 heteroatoms. The molecule has 18 heavy (non-hydrogen) atoms. The Morgan fingerprint density at radius 2 is 1.89 bits per heavy atom. The molecule has 0 unspecified atom stereocenters. The van der Waals surface area contributed by atoms with Crippen molar-refractivity contribution in [1.29, 1.82) is 0 Å². The van der Waals surface area contributed by atoms with Crippen LogP contribution in [0.4, 0.5) is 4.39 Å². The Morgan fingerprint density at radius 3 is 2.61 bits per heavy atom. The summed E-state index contributed by atoms with van der Waals surface area (Å²) in [5.41, 5.74) is 2.36. The first-order valence-corrected chi connectivity index (χ1v) is 5.70. The van der Waals surface area contributed by atoms with Crippen LogP contribution in [0.15, 0.2) is 54.6 Å². The normalized spacial score (nSPS) is 10.8. The minimum atomic E-state index is -0.305. The Balaban J connectivity index is 2.17. The molecule has 0 aliphatic heterocycles. The molecule has 1 nitrogen and oxygen atoms in total. The molecule has 0 heterocycles. The molecule has 2 aromatic rings. The molecule has 2 aromatic carbocycles. The average molecular weight is 240 g/mol. The number of carbonyl (C=O) groups is 1. The van der Waals surface area contributed by atoms with Crippen LogP contribution in [0, 0.1) is 12.7 Å². The third kappa shape index (κ3) is 3.14. The van der Waals surface area contributed by atoms with Crippen molar-refractivity contribution in [2.24, 2.45) is 0 Å². The summed E-state index contributed by atoms with van der Waals surface area (Å²) in [6.45, 7) is 1.94. The van der Waals surface area contributed by atoms with Crippen molar-refractivity contribution in [3.8, 4) is 0 Å². The molecule has 2 rings (SSSR count). The first kappa shape index (κ1) is 12.2. The smallest absolute Gasteiger partial charge is 0.185 e. The van der Waals surface area contributed by atoms with Gasteiger partial charge in [-0.3, -0.25) is 4.79 Å². The van der Waals surface area contributed by atoms with E-state index in [1.807, 2.05) is 25.1 Å². The van der Waals surface area contributed by atoms with E-state index >= 15 is 0 Å². The molecule has 0 spiro atoms. The van der Waals surface area contributed by atoms with E-state index in [2.05, 4.69) is 0 Å². The third-order valence-electron chi connectivity index (χ3n) is 2.58. The Hall–Kier alpha value is -2.22. The van der Waals surface area contributed by atoms with E-state index in [4.69, 9.17) is 0 Å². The fraction of sp³-hybridized carbons (Fsp3) is 0.0625. The van der Waals surface area contributed by atoms with Crippen molar-refractivity contribution in [3.63, 3.8) is 0 Å². The second-order valence-corrected chi connectivity index (χ2v) is 4.12. The molecule has 0 aliphatic carbocycles. The van der Waals surface area contributed by atoms with Gasteiger partial charge in [-0.2, -0.15) is 0 Å². The van der Waals surface area contributed by atoms with Crippen molar-refractivity contribution in [2.75, 3.05) is 0 Å². The number of rotatable bonds is 3. The highest BCUT2D eigenvalue weighted by Crippen LogP contribution is 2.09. The molecule has 90 valence electrons. The van der Waals surface area contributed by atoms with E-state index in [1.54, 1.807) is 24.3 Å². The maximum atomic E-state index is 12.9. The van der Waals surface area contributed by atoms with Gasteiger partial charge in [0.05, 0.1) is 0 Å². The van der Waals surface area contributed by atoms with Crippen LogP contribution >= 0.6 is 0 Å². The van der Waals surface area contributed by atoms with Gasteiger partial charge in [0.2, 0.25) is 0 Å². The van der Waals surface area contributed by atoms with Crippen LogP contribution in [0.2, 0.25) is 0 Å². The van der Waals surface area contributed by atoms with Gasteiger partial charge in [-0.15, -0.1) is 0 Å². The highest BCUT2D eigenvalue weighted by Gasteiger charge is 2.01. The van der Waals surface area contributed by atoms with Crippen molar-refractivity contribution >= 4 is 11.9 Å². The minimum Gasteiger partial charge on any atom is -0.289 e. The predicted octanol–water partition coefficient (Wildman–Crippen LogP) is 4.03.